The summed E-state index contributed by atoms with van der Waals surface area (Å²) in [7, 11) is 0. The predicted molar refractivity (Wildman–Crippen MR) is 112 cm³/mol. The zero-order chi connectivity index (χ0) is 20.2. The molecule has 0 bridgehead atoms. The fourth-order valence-electron chi connectivity index (χ4n) is 4.09. The average Bonchev–Trinajstić information content (AvgIpc) is 3.33. The number of nitrogens with one attached hydrogen (secondary N) is 1. The number of likely N-dealkylation sites (tertiary alicyclic amines) is 1. The SMILES string of the molecule is O=C(CCN1C(=O)c2ccccc2C1=O)NCC1CCCN(Cc2cccs2)C1. The molecule has 1 unspecified atom stereocenters. The highest BCUT2D eigenvalue weighted by Crippen LogP contribution is 2.23. The van der Waals surface area contributed by atoms with Crippen molar-refractivity contribution in [3.05, 3.63) is 57.8 Å². The van der Waals surface area contributed by atoms with Gasteiger partial charge >= 0.3 is 0 Å². The Morgan fingerprint density at radius 3 is 2.55 bits per heavy atom. The molecule has 3 amide bonds. The van der Waals surface area contributed by atoms with E-state index in [1.807, 2.05) is 0 Å². The monoisotopic (exact) mass is 411 g/mol. The van der Waals surface area contributed by atoms with Crippen molar-refractivity contribution in [3.8, 4) is 0 Å². The van der Waals surface area contributed by atoms with E-state index in [4.69, 9.17) is 0 Å². The Bertz CT molecular complexity index is 861. The molecule has 7 heteroatoms. The smallest absolute Gasteiger partial charge is 0.261 e. The largest absolute Gasteiger partial charge is 0.356 e. The molecule has 1 aromatic carbocycles. The van der Waals surface area contributed by atoms with Crippen molar-refractivity contribution in [2.24, 2.45) is 5.92 Å². The van der Waals surface area contributed by atoms with E-state index in [0.717, 1.165) is 32.5 Å². The van der Waals surface area contributed by atoms with Crippen LogP contribution in [0.1, 0.15) is 44.9 Å². The third-order valence-electron chi connectivity index (χ3n) is 5.59. The van der Waals surface area contributed by atoms with Crippen LogP contribution in [0.25, 0.3) is 0 Å². The number of imide groups is 1. The zero-order valence-electron chi connectivity index (χ0n) is 16.3. The summed E-state index contributed by atoms with van der Waals surface area (Å²) in [5.41, 5.74) is 0.844. The molecule has 152 valence electrons. The van der Waals surface area contributed by atoms with E-state index >= 15 is 0 Å². The fourth-order valence-corrected chi connectivity index (χ4v) is 4.83. The summed E-state index contributed by atoms with van der Waals surface area (Å²) in [5, 5.41) is 5.10. The van der Waals surface area contributed by atoms with E-state index in [-0.39, 0.29) is 30.7 Å². The third kappa shape index (κ3) is 4.57. The number of hydrogen-bond donors (Lipinski definition) is 1. The minimum Gasteiger partial charge on any atom is -0.356 e. The van der Waals surface area contributed by atoms with E-state index in [1.165, 1.54) is 9.78 Å². The fraction of sp³-hybridized carbons (Fsp3) is 0.409. The van der Waals surface area contributed by atoms with Gasteiger partial charge in [0.1, 0.15) is 0 Å². The lowest BCUT2D eigenvalue weighted by atomic mass is 9.98. The maximum Gasteiger partial charge on any atom is 0.261 e. The normalized spacial score (nSPS) is 19.4. The Morgan fingerprint density at radius 2 is 1.86 bits per heavy atom. The number of benzene rings is 1. The second-order valence-electron chi connectivity index (χ2n) is 7.68. The van der Waals surface area contributed by atoms with E-state index in [0.29, 0.717) is 23.6 Å². The van der Waals surface area contributed by atoms with Crippen LogP contribution in [-0.2, 0) is 11.3 Å². The first-order chi connectivity index (χ1) is 14.1. The second kappa shape index (κ2) is 8.88. The number of piperidine rings is 1. The van der Waals surface area contributed by atoms with E-state index in [2.05, 4.69) is 27.7 Å². The van der Waals surface area contributed by atoms with Gasteiger partial charge in [0.05, 0.1) is 11.1 Å². The number of amides is 3. The van der Waals surface area contributed by atoms with Crippen molar-refractivity contribution in [1.29, 1.82) is 0 Å². The highest BCUT2D eigenvalue weighted by Gasteiger charge is 2.35. The van der Waals surface area contributed by atoms with Gasteiger partial charge in [0, 0.05) is 37.5 Å². The molecule has 0 aliphatic carbocycles. The molecule has 0 spiro atoms. The van der Waals surface area contributed by atoms with Crippen LogP contribution >= 0.6 is 11.3 Å². The third-order valence-corrected chi connectivity index (χ3v) is 6.45. The Hall–Kier alpha value is -2.51. The zero-order valence-corrected chi connectivity index (χ0v) is 17.1. The first-order valence-corrected chi connectivity index (χ1v) is 11.0. The summed E-state index contributed by atoms with van der Waals surface area (Å²) < 4.78 is 0. The van der Waals surface area contributed by atoms with Crippen molar-refractivity contribution in [1.82, 2.24) is 15.1 Å². The molecule has 2 aliphatic rings. The van der Waals surface area contributed by atoms with Crippen molar-refractivity contribution in [3.63, 3.8) is 0 Å². The molecule has 3 heterocycles. The summed E-state index contributed by atoms with van der Waals surface area (Å²) in [5.74, 6) is -0.297. The average molecular weight is 412 g/mol. The molecule has 2 aromatic rings. The molecule has 2 aliphatic heterocycles. The minimum absolute atomic E-state index is 0.114. The van der Waals surface area contributed by atoms with Crippen molar-refractivity contribution < 1.29 is 14.4 Å². The van der Waals surface area contributed by atoms with Gasteiger partial charge in [-0.15, -0.1) is 11.3 Å². The van der Waals surface area contributed by atoms with Gasteiger partial charge in [-0.25, -0.2) is 0 Å². The van der Waals surface area contributed by atoms with Crippen LogP contribution in [0.3, 0.4) is 0 Å². The first kappa shape index (κ1) is 19.8. The van der Waals surface area contributed by atoms with Gasteiger partial charge in [0.25, 0.3) is 11.8 Å². The minimum atomic E-state index is -0.310. The number of nitrogens with zero attached hydrogens (tertiary/aromatic N) is 2. The quantitative estimate of drug-likeness (QED) is 0.712. The molecule has 4 rings (SSSR count). The van der Waals surface area contributed by atoms with Gasteiger partial charge < -0.3 is 5.32 Å². The van der Waals surface area contributed by atoms with Crippen LogP contribution in [0.15, 0.2) is 41.8 Å². The van der Waals surface area contributed by atoms with Crippen molar-refractivity contribution in [2.75, 3.05) is 26.2 Å². The molecule has 1 aromatic heterocycles. The van der Waals surface area contributed by atoms with Gasteiger partial charge in [-0.1, -0.05) is 18.2 Å². The number of fused-ring (bicyclic) bond motifs is 1. The van der Waals surface area contributed by atoms with Crippen LogP contribution in [0, 0.1) is 5.92 Å². The topological polar surface area (TPSA) is 69.7 Å². The second-order valence-corrected chi connectivity index (χ2v) is 8.72. The molecular formula is C22H25N3O3S. The van der Waals surface area contributed by atoms with Crippen LogP contribution in [0.4, 0.5) is 0 Å². The molecule has 6 nitrogen and oxygen atoms in total. The van der Waals surface area contributed by atoms with Crippen molar-refractivity contribution in [2.45, 2.75) is 25.8 Å². The standard InChI is InChI=1S/C22H25N3O3S/c26-20(9-11-25-21(27)18-7-1-2-8-19(18)22(25)28)23-13-16-5-3-10-24(14-16)15-17-6-4-12-29-17/h1-2,4,6-8,12,16H,3,5,9-11,13-15H2,(H,23,26). The summed E-state index contributed by atoms with van der Waals surface area (Å²) in [4.78, 5) is 42.0. The first-order valence-electron chi connectivity index (χ1n) is 10.1. The van der Waals surface area contributed by atoms with Crippen LogP contribution in [0.2, 0.25) is 0 Å². The Balaban J connectivity index is 1.21. The van der Waals surface area contributed by atoms with E-state index in [9.17, 15) is 14.4 Å². The van der Waals surface area contributed by atoms with Gasteiger partial charge in [-0.2, -0.15) is 0 Å². The lowest BCUT2D eigenvalue weighted by Gasteiger charge is -2.32. The molecule has 0 saturated carbocycles. The molecule has 1 atom stereocenters. The maximum absolute atomic E-state index is 12.4. The molecule has 1 fully saturated rings. The lowest BCUT2D eigenvalue weighted by Crippen LogP contribution is -2.41. The van der Waals surface area contributed by atoms with Crippen LogP contribution in [0.5, 0.6) is 0 Å². The number of carbonyl (C=O) groups excluding carboxylic acids is 3. The number of rotatable bonds is 7. The lowest BCUT2D eigenvalue weighted by molar-refractivity contribution is -0.121. The summed E-state index contributed by atoms with van der Waals surface area (Å²) >= 11 is 1.78. The maximum atomic E-state index is 12.4. The molecule has 1 N–H and O–H groups in total. The Kier molecular flexibility index (Phi) is 6.06. The number of hydrogen-bond acceptors (Lipinski definition) is 5. The van der Waals surface area contributed by atoms with Crippen LogP contribution in [-0.4, -0.2) is 53.7 Å². The van der Waals surface area contributed by atoms with E-state index in [1.54, 1.807) is 35.6 Å². The van der Waals surface area contributed by atoms with Gasteiger partial charge in [-0.3, -0.25) is 24.2 Å². The highest BCUT2D eigenvalue weighted by atomic mass is 32.1. The van der Waals surface area contributed by atoms with Gasteiger partial charge in [0.2, 0.25) is 5.91 Å². The van der Waals surface area contributed by atoms with Crippen molar-refractivity contribution >= 4 is 29.1 Å². The number of carbonyl (C=O) groups is 3. The van der Waals surface area contributed by atoms with Gasteiger partial charge in [0.15, 0.2) is 0 Å². The number of thiophene rings is 1. The molecule has 0 radical (unpaired) electrons. The molecule has 1 saturated heterocycles. The summed E-state index contributed by atoms with van der Waals surface area (Å²) in [6.45, 7) is 3.82. The highest BCUT2D eigenvalue weighted by molar-refractivity contribution is 7.09. The summed E-state index contributed by atoms with van der Waals surface area (Å²) in [6, 6.07) is 11.0. The van der Waals surface area contributed by atoms with Crippen LogP contribution < -0.4 is 5.32 Å². The Labute approximate surface area is 174 Å². The van der Waals surface area contributed by atoms with E-state index < -0.39 is 0 Å². The predicted octanol–water partition coefficient (Wildman–Crippen LogP) is 2.76. The molecule has 29 heavy (non-hydrogen) atoms. The van der Waals surface area contributed by atoms with Gasteiger partial charge in [-0.05, 0) is 48.9 Å². The summed E-state index contributed by atoms with van der Waals surface area (Å²) in [6.07, 6.45) is 2.39. The Morgan fingerprint density at radius 1 is 1.10 bits per heavy atom. The molecular weight excluding hydrogens is 386 g/mol.